The Morgan fingerprint density at radius 3 is 1.04 bits per heavy atom. The lowest BCUT2D eigenvalue weighted by Crippen LogP contribution is -2.30. The standard InChI is InChI=1S/C47H87FO/c1-3-5-7-9-11-13-15-17-19-21-25-29-36-42-47(46-40-34-33-35-41-46,49-45-39-32-28-24-23-27-31-38-44-48)43-37-30-26-22-20-18-16-14-12-10-8-6-4-2/h33-35,40-41H,3-32,36-39,42-45H2,1-2H3. The van der Waals surface area contributed by atoms with Crippen LogP contribution in [0.2, 0.25) is 0 Å². The van der Waals surface area contributed by atoms with Gasteiger partial charge in [-0.05, 0) is 31.2 Å². The van der Waals surface area contributed by atoms with E-state index in [0.717, 1.165) is 25.9 Å². The molecule has 0 spiro atoms. The van der Waals surface area contributed by atoms with Gasteiger partial charge in [0.05, 0.1) is 12.3 Å². The first-order valence-corrected chi connectivity index (χ1v) is 22.5. The van der Waals surface area contributed by atoms with Crippen LogP contribution in [0.4, 0.5) is 4.39 Å². The van der Waals surface area contributed by atoms with E-state index < -0.39 is 0 Å². The van der Waals surface area contributed by atoms with Crippen LogP contribution < -0.4 is 0 Å². The van der Waals surface area contributed by atoms with Crippen molar-refractivity contribution in [2.24, 2.45) is 0 Å². The van der Waals surface area contributed by atoms with E-state index in [9.17, 15) is 4.39 Å². The van der Waals surface area contributed by atoms with Crippen molar-refractivity contribution in [3.63, 3.8) is 0 Å². The Bertz CT molecular complexity index is 718. The predicted molar refractivity (Wildman–Crippen MR) is 218 cm³/mol. The summed E-state index contributed by atoms with van der Waals surface area (Å²) in [5.41, 5.74) is 1.30. The molecule has 0 amide bonds. The van der Waals surface area contributed by atoms with Gasteiger partial charge in [-0.3, -0.25) is 4.39 Å². The van der Waals surface area contributed by atoms with Crippen LogP contribution in [-0.2, 0) is 10.3 Å². The Kier molecular flexibility index (Phi) is 34.7. The van der Waals surface area contributed by atoms with Crippen LogP contribution in [0.5, 0.6) is 0 Å². The topological polar surface area (TPSA) is 9.23 Å². The van der Waals surface area contributed by atoms with Gasteiger partial charge in [0, 0.05) is 6.61 Å². The van der Waals surface area contributed by atoms with Crippen molar-refractivity contribution in [3.8, 4) is 0 Å². The molecule has 1 aromatic carbocycles. The first-order valence-electron chi connectivity index (χ1n) is 22.5. The Balaban J connectivity index is 2.49. The Morgan fingerprint density at radius 2 is 0.694 bits per heavy atom. The fourth-order valence-corrected chi connectivity index (χ4v) is 7.76. The summed E-state index contributed by atoms with van der Waals surface area (Å²) in [6, 6.07) is 11.3. The van der Waals surface area contributed by atoms with E-state index in [2.05, 4.69) is 44.2 Å². The van der Waals surface area contributed by atoms with Gasteiger partial charge in [0.2, 0.25) is 0 Å². The number of hydrogen-bond acceptors (Lipinski definition) is 1. The smallest absolute Gasteiger partial charge is 0.0931 e. The molecule has 1 aromatic rings. The van der Waals surface area contributed by atoms with Gasteiger partial charge in [-0.1, -0.05) is 250 Å². The molecule has 0 atom stereocenters. The zero-order valence-corrected chi connectivity index (χ0v) is 33.5. The summed E-state index contributed by atoms with van der Waals surface area (Å²) in [6.07, 6.45) is 48.1. The van der Waals surface area contributed by atoms with Crippen molar-refractivity contribution in [2.45, 2.75) is 251 Å². The Morgan fingerprint density at radius 1 is 0.388 bits per heavy atom. The van der Waals surface area contributed by atoms with Crippen molar-refractivity contribution in [2.75, 3.05) is 13.3 Å². The second-order valence-electron chi connectivity index (χ2n) is 15.7. The Labute approximate surface area is 308 Å². The van der Waals surface area contributed by atoms with Gasteiger partial charge >= 0.3 is 0 Å². The van der Waals surface area contributed by atoms with E-state index in [0.29, 0.717) is 0 Å². The molecule has 0 aliphatic heterocycles. The maximum absolute atomic E-state index is 12.4. The molecule has 0 saturated heterocycles. The lowest BCUT2D eigenvalue weighted by atomic mass is 9.83. The van der Waals surface area contributed by atoms with E-state index in [-0.39, 0.29) is 12.3 Å². The molecule has 0 unspecified atom stereocenters. The molecule has 49 heavy (non-hydrogen) atoms. The van der Waals surface area contributed by atoms with E-state index in [4.69, 9.17) is 4.74 Å². The van der Waals surface area contributed by atoms with Gasteiger partial charge in [0.1, 0.15) is 0 Å². The summed E-state index contributed by atoms with van der Waals surface area (Å²) < 4.78 is 19.4. The summed E-state index contributed by atoms with van der Waals surface area (Å²) in [5, 5.41) is 0. The molecule has 0 heterocycles. The van der Waals surface area contributed by atoms with Crippen molar-refractivity contribution in [1.29, 1.82) is 0 Å². The van der Waals surface area contributed by atoms with Gasteiger partial charge in [-0.15, -0.1) is 0 Å². The van der Waals surface area contributed by atoms with Crippen LogP contribution in [0.15, 0.2) is 30.3 Å². The number of alkyl halides is 1. The quantitative estimate of drug-likeness (QED) is 0.0624. The molecule has 0 radical (unpaired) electrons. The molecule has 0 aliphatic rings. The summed E-state index contributed by atoms with van der Waals surface area (Å²) in [4.78, 5) is 0. The third-order valence-electron chi connectivity index (χ3n) is 11.1. The zero-order chi connectivity index (χ0) is 35.2. The van der Waals surface area contributed by atoms with Gasteiger partial charge < -0.3 is 4.74 Å². The maximum Gasteiger partial charge on any atom is 0.0931 e. The van der Waals surface area contributed by atoms with Gasteiger partial charge in [0.25, 0.3) is 0 Å². The monoisotopic (exact) mass is 687 g/mol. The van der Waals surface area contributed by atoms with Crippen molar-refractivity contribution in [1.82, 2.24) is 0 Å². The molecule has 0 aromatic heterocycles. The van der Waals surface area contributed by atoms with Crippen LogP contribution in [-0.4, -0.2) is 13.3 Å². The summed E-state index contributed by atoms with van der Waals surface area (Å²) in [6.45, 7) is 5.34. The molecular weight excluding hydrogens is 600 g/mol. The first-order chi connectivity index (χ1) is 24.3. The van der Waals surface area contributed by atoms with Crippen LogP contribution in [0.3, 0.4) is 0 Å². The van der Waals surface area contributed by atoms with Crippen molar-refractivity contribution >= 4 is 0 Å². The largest absolute Gasteiger partial charge is 0.370 e. The molecule has 0 fully saturated rings. The van der Waals surface area contributed by atoms with Crippen molar-refractivity contribution in [3.05, 3.63) is 35.9 Å². The minimum atomic E-state index is -0.154. The number of halogens is 1. The molecule has 0 saturated carbocycles. The van der Waals surface area contributed by atoms with Crippen LogP contribution in [0.25, 0.3) is 0 Å². The number of unbranched alkanes of at least 4 members (excludes halogenated alkanes) is 31. The van der Waals surface area contributed by atoms with Gasteiger partial charge in [-0.25, -0.2) is 0 Å². The highest BCUT2D eigenvalue weighted by atomic mass is 19.1. The molecule has 1 rings (SSSR count). The van der Waals surface area contributed by atoms with E-state index in [1.807, 2.05) is 0 Å². The fourth-order valence-electron chi connectivity index (χ4n) is 7.76. The molecule has 2 heteroatoms. The number of hydrogen-bond donors (Lipinski definition) is 0. The van der Waals surface area contributed by atoms with Gasteiger partial charge in [0.15, 0.2) is 0 Å². The third-order valence-corrected chi connectivity index (χ3v) is 11.1. The fraction of sp³-hybridized carbons (Fsp3) is 0.872. The molecule has 0 N–H and O–H groups in total. The number of rotatable bonds is 40. The second-order valence-corrected chi connectivity index (χ2v) is 15.7. The minimum Gasteiger partial charge on any atom is -0.370 e. The first kappa shape index (κ1) is 46.1. The van der Waals surface area contributed by atoms with Gasteiger partial charge in [-0.2, -0.15) is 0 Å². The maximum atomic E-state index is 12.4. The highest BCUT2D eigenvalue weighted by molar-refractivity contribution is 5.22. The average molecular weight is 687 g/mol. The predicted octanol–water partition coefficient (Wildman–Crippen LogP) is 17.0. The summed E-state index contributed by atoms with van der Waals surface area (Å²) in [5.74, 6) is 0. The lowest BCUT2D eigenvalue weighted by molar-refractivity contribution is -0.0681. The van der Waals surface area contributed by atoms with E-state index >= 15 is 0 Å². The summed E-state index contributed by atoms with van der Waals surface area (Å²) >= 11 is 0. The van der Waals surface area contributed by atoms with Crippen molar-refractivity contribution < 1.29 is 9.13 Å². The third kappa shape index (κ3) is 28.4. The van der Waals surface area contributed by atoms with Crippen LogP contribution in [0, 0.1) is 0 Å². The molecule has 0 aliphatic carbocycles. The number of ether oxygens (including phenoxy) is 1. The zero-order valence-electron chi connectivity index (χ0n) is 33.5. The van der Waals surface area contributed by atoms with Crippen LogP contribution in [0.1, 0.15) is 251 Å². The molecule has 1 nitrogen and oxygen atoms in total. The SMILES string of the molecule is CCCCCCCCCCCCCCCC(CCCCCCCCCCCCCCC)(OCCCCCCCCCCF)c1ccccc1. The molecular formula is C47H87FO. The normalized spacial score (nSPS) is 11.9. The summed E-state index contributed by atoms with van der Waals surface area (Å²) in [7, 11) is 0. The highest BCUT2D eigenvalue weighted by Crippen LogP contribution is 2.38. The number of benzene rings is 1. The molecule has 0 bridgehead atoms. The highest BCUT2D eigenvalue weighted by Gasteiger charge is 2.32. The Hall–Kier alpha value is -0.890. The second kappa shape index (κ2) is 36.9. The molecule has 288 valence electrons. The minimum absolute atomic E-state index is 0.122. The van der Waals surface area contributed by atoms with E-state index in [1.54, 1.807) is 0 Å². The van der Waals surface area contributed by atoms with Crippen LogP contribution >= 0.6 is 0 Å². The average Bonchev–Trinajstić information content (AvgIpc) is 3.13. The van der Waals surface area contributed by atoms with E-state index in [1.165, 1.54) is 217 Å². The lowest BCUT2D eigenvalue weighted by Gasteiger charge is -2.35.